The molecule has 31 heavy (non-hydrogen) atoms. The maximum absolute atomic E-state index is 5.00. The fraction of sp³-hybridized carbons (Fsp3) is 0.182. The number of H-pyrrole nitrogens is 1. The molecule has 0 amide bonds. The number of fused-ring (bicyclic) bond motifs is 2. The van der Waals surface area contributed by atoms with Gasteiger partial charge in [-0.1, -0.05) is 6.07 Å². The van der Waals surface area contributed by atoms with Gasteiger partial charge in [-0.05, 0) is 38.1 Å². The van der Waals surface area contributed by atoms with Gasteiger partial charge in [0.15, 0.2) is 11.5 Å². The number of hydrogen-bond acceptors (Lipinski definition) is 7. The number of aliphatic imine (C=N–C) groups is 2. The smallest absolute Gasteiger partial charge is 0.153 e. The van der Waals surface area contributed by atoms with Gasteiger partial charge in [0.1, 0.15) is 11.6 Å². The van der Waals surface area contributed by atoms with Crippen molar-refractivity contribution in [2.75, 3.05) is 0 Å². The zero-order valence-electron chi connectivity index (χ0n) is 17.0. The quantitative estimate of drug-likeness (QED) is 0.541. The molecule has 9 heteroatoms. The molecule has 6 rings (SSSR count). The number of amidine groups is 1. The molecule has 9 nitrogen and oxygen atoms in total. The van der Waals surface area contributed by atoms with Gasteiger partial charge in [0, 0.05) is 24.8 Å². The molecule has 0 aliphatic carbocycles. The molecule has 152 valence electrons. The van der Waals surface area contributed by atoms with Crippen LogP contribution in [0.1, 0.15) is 18.3 Å². The summed E-state index contributed by atoms with van der Waals surface area (Å²) in [5.74, 6) is 0.681. The van der Waals surface area contributed by atoms with Crippen molar-refractivity contribution < 1.29 is 0 Å². The number of aromatic nitrogens is 6. The Balaban J connectivity index is 1.44. The summed E-state index contributed by atoms with van der Waals surface area (Å²) in [6, 6.07) is 9.51. The Morgan fingerprint density at radius 2 is 2.03 bits per heavy atom. The average Bonchev–Trinajstić information content (AvgIpc) is 3.49. The van der Waals surface area contributed by atoms with E-state index >= 15 is 0 Å². The first-order valence-electron chi connectivity index (χ1n) is 9.99. The van der Waals surface area contributed by atoms with Crippen LogP contribution in [-0.2, 0) is 0 Å². The van der Waals surface area contributed by atoms with E-state index in [0.29, 0.717) is 11.5 Å². The van der Waals surface area contributed by atoms with Gasteiger partial charge in [0.25, 0.3) is 0 Å². The maximum Gasteiger partial charge on any atom is 0.153 e. The minimum Gasteiger partial charge on any atom is -0.356 e. The standard InChI is InChI=1S/C22H19N9/c1-13-10-31(12-25-13)17-9-23-11-22(2)20(17)27-21(28-22)19-18-16(29-30-19)7-6-15(26-18)14-5-3-4-8-24-14/h3-12,20H,1-2H3,(H,27,28)(H,29,30). The summed E-state index contributed by atoms with van der Waals surface area (Å²) in [6.07, 6.45) is 9.26. The summed E-state index contributed by atoms with van der Waals surface area (Å²) in [6.45, 7) is 4.04. The van der Waals surface area contributed by atoms with Crippen molar-refractivity contribution in [2.24, 2.45) is 9.98 Å². The van der Waals surface area contributed by atoms with E-state index < -0.39 is 5.54 Å². The average molecular weight is 409 g/mol. The van der Waals surface area contributed by atoms with Gasteiger partial charge in [-0.2, -0.15) is 5.10 Å². The second-order valence-corrected chi connectivity index (χ2v) is 7.92. The summed E-state index contributed by atoms with van der Waals surface area (Å²) in [4.78, 5) is 23.1. The number of nitrogens with one attached hydrogen (secondary N) is 2. The number of imidazole rings is 1. The topological polar surface area (TPSA) is 109 Å². The Hall–Kier alpha value is -4.14. The van der Waals surface area contributed by atoms with Crippen LogP contribution in [0.3, 0.4) is 0 Å². The zero-order chi connectivity index (χ0) is 21.0. The molecule has 0 fully saturated rings. The molecule has 2 unspecified atom stereocenters. The number of hydrogen-bond donors (Lipinski definition) is 2. The molecule has 0 bridgehead atoms. The lowest BCUT2D eigenvalue weighted by atomic mass is 9.91. The third-order valence-corrected chi connectivity index (χ3v) is 5.61. The summed E-state index contributed by atoms with van der Waals surface area (Å²) >= 11 is 0. The van der Waals surface area contributed by atoms with Crippen molar-refractivity contribution in [3.8, 4) is 11.4 Å². The highest BCUT2D eigenvalue weighted by molar-refractivity contribution is 6.10. The lowest BCUT2D eigenvalue weighted by molar-refractivity contribution is 0.542. The van der Waals surface area contributed by atoms with Crippen LogP contribution in [0.15, 0.2) is 65.2 Å². The first kappa shape index (κ1) is 17.7. The molecule has 4 aromatic rings. The number of rotatable bonds is 3. The number of aryl methyl sites for hydroxylation is 1. The van der Waals surface area contributed by atoms with E-state index in [1.54, 1.807) is 12.5 Å². The molecule has 6 heterocycles. The van der Waals surface area contributed by atoms with E-state index in [0.717, 1.165) is 33.8 Å². The predicted molar refractivity (Wildman–Crippen MR) is 119 cm³/mol. The van der Waals surface area contributed by atoms with E-state index in [-0.39, 0.29) is 6.04 Å². The molecule has 2 aliphatic heterocycles. The van der Waals surface area contributed by atoms with E-state index in [4.69, 9.17) is 9.98 Å². The molecular weight excluding hydrogens is 390 g/mol. The zero-order valence-corrected chi connectivity index (χ0v) is 17.0. The Bertz CT molecular complexity index is 1390. The van der Waals surface area contributed by atoms with Crippen LogP contribution in [0.2, 0.25) is 0 Å². The fourth-order valence-electron chi connectivity index (χ4n) is 4.05. The Kier molecular flexibility index (Phi) is 3.67. The van der Waals surface area contributed by atoms with Gasteiger partial charge in [-0.25, -0.2) is 9.97 Å². The van der Waals surface area contributed by atoms with E-state index in [1.807, 2.05) is 60.4 Å². The van der Waals surface area contributed by atoms with Crippen LogP contribution in [0, 0.1) is 6.92 Å². The van der Waals surface area contributed by atoms with E-state index in [2.05, 4.69) is 37.4 Å². The first-order valence-corrected chi connectivity index (χ1v) is 9.99. The number of aromatic amines is 1. The number of nitrogens with zero attached hydrogens (tertiary/aromatic N) is 7. The third kappa shape index (κ3) is 2.77. The second kappa shape index (κ2) is 6.43. The van der Waals surface area contributed by atoms with Crippen molar-refractivity contribution in [1.29, 1.82) is 0 Å². The summed E-state index contributed by atoms with van der Waals surface area (Å²) in [5, 5.41) is 11.1. The maximum atomic E-state index is 5.00. The van der Waals surface area contributed by atoms with Gasteiger partial charge in [-0.3, -0.25) is 20.1 Å². The summed E-state index contributed by atoms with van der Waals surface area (Å²) in [5.41, 5.74) is 5.29. The third-order valence-electron chi connectivity index (χ3n) is 5.61. The molecule has 0 saturated heterocycles. The highest BCUT2D eigenvalue weighted by Crippen LogP contribution is 2.32. The number of pyridine rings is 2. The highest BCUT2D eigenvalue weighted by atomic mass is 15.3. The summed E-state index contributed by atoms with van der Waals surface area (Å²) in [7, 11) is 0. The molecule has 4 aromatic heterocycles. The molecule has 0 saturated carbocycles. The lowest BCUT2D eigenvalue weighted by Crippen LogP contribution is -2.51. The normalized spacial score (nSPS) is 22.2. The van der Waals surface area contributed by atoms with E-state index in [1.165, 1.54) is 0 Å². The molecule has 0 aromatic carbocycles. The Morgan fingerprint density at radius 3 is 2.84 bits per heavy atom. The van der Waals surface area contributed by atoms with Crippen molar-refractivity contribution in [1.82, 2.24) is 35.0 Å². The fourth-order valence-corrected chi connectivity index (χ4v) is 4.05. The van der Waals surface area contributed by atoms with Gasteiger partial charge in [0.2, 0.25) is 0 Å². The predicted octanol–water partition coefficient (Wildman–Crippen LogP) is 2.58. The van der Waals surface area contributed by atoms with Crippen LogP contribution < -0.4 is 5.32 Å². The molecule has 0 radical (unpaired) electrons. The minimum atomic E-state index is -0.471. The second-order valence-electron chi connectivity index (χ2n) is 7.92. The Morgan fingerprint density at radius 1 is 1.10 bits per heavy atom. The van der Waals surface area contributed by atoms with Crippen molar-refractivity contribution in [2.45, 2.75) is 25.4 Å². The lowest BCUT2D eigenvalue weighted by Gasteiger charge is -2.30. The molecule has 2 atom stereocenters. The van der Waals surface area contributed by atoms with Crippen LogP contribution in [0.25, 0.3) is 28.1 Å². The highest BCUT2D eigenvalue weighted by Gasteiger charge is 2.44. The first-order chi connectivity index (χ1) is 15.1. The van der Waals surface area contributed by atoms with Crippen molar-refractivity contribution in [3.63, 3.8) is 0 Å². The van der Waals surface area contributed by atoms with Gasteiger partial charge < -0.3 is 9.88 Å². The van der Waals surface area contributed by atoms with Crippen LogP contribution >= 0.6 is 0 Å². The largest absolute Gasteiger partial charge is 0.356 e. The van der Waals surface area contributed by atoms with Gasteiger partial charge in [0.05, 0.1) is 40.2 Å². The van der Waals surface area contributed by atoms with Gasteiger partial charge in [-0.15, -0.1) is 0 Å². The van der Waals surface area contributed by atoms with Gasteiger partial charge >= 0.3 is 0 Å². The Labute approximate surface area is 177 Å². The molecular formula is C22H19N9. The van der Waals surface area contributed by atoms with Crippen LogP contribution in [0.5, 0.6) is 0 Å². The van der Waals surface area contributed by atoms with E-state index in [9.17, 15) is 0 Å². The minimum absolute atomic E-state index is 0.167. The monoisotopic (exact) mass is 409 g/mol. The molecule has 2 N–H and O–H groups in total. The van der Waals surface area contributed by atoms with Crippen molar-refractivity contribution in [3.05, 3.63) is 66.6 Å². The SMILES string of the molecule is Cc1cn(C2=CN=CC3(C)NC(c4n[nH]c5ccc(-c6ccccn6)nc45)=NC23)cn1. The molecule has 2 aliphatic rings. The summed E-state index contributed by atoms with van der Waals surface area (Å²) < 4.78 is 1.98. The van der Waals surface area contributed by atoms with Crippen LogP contribution in [-0.4, -0.2) is 53.3 Å². The molecule has 0 spiro atoms. The van der Waals surface area contributed by atoms with Crippen molar-refractivity contribution >= 4 is 28.8 Å². The van der Waals surface area contributed by atoms with Crippen LogP contribution in [0.4, 0.5) is 0 Å².